The molecule has 3 nitrogen and oxygen atoms in total. The number of pyridine rings is 1. The van der Waals surface area contributed by atoms with E-state index in [-0.39, 0.29) is 0 Å². The Morgan fingerprint density at radius 1 is 1.16 bits per heavy atom. The molecule has 96 valence electrons. The molecule has 0 bridgehead atoms. The van der Waals surface area contributed by atoms with Gasteiger partial charge in [0.2, 0.25) is 0 Å². The second-order valence-corrected chi connectivity index (χ2v) is 4.72. The van der Waals surface area contributed by atoms with Crippen LogP contribution in [0.15, 0.2) is 48.8 Å². The number of nitrogens with zero attached hydrogens (tertiary/aromatic N) is 2. The number of methoxy groups -OCH3 is 1. The van der Waals surface area contributed by atoms with Crippen molar-refractivity contribution < 1.29 is 4.74 Å². The lowest BCUT2D eigenvalue weighted by Crippen LogP contribution is -1.93. The number of aromatic nitrogens is 2. The summed E-state index contributed by atoms with van der Waals surface area (Å²) < 4.78 is 7.17. The van der Waals surface area contributed by atoms with Crippen molar-refractivity contribution in [2.75, 3.05) is 7.11 Å². The Balaban J connectivity index is 2.13. The van der Waals surface area contributed by atoms with E-state index in [4.69, 9.17) is 16.3 Å². The number of benzene rings is 1. The van der Waals surface area contributed by atoms with Crippen LogP contribution in [0, 0.1) is 0 Å². The van der Waals surface area contributed by atoms with Crippen LogP contribution in [-0.4, -0.2) is 16.5 Å². The van der Waals surface area contributed by atoms with Crippen molar-refractivity contribution >= 4 is 17.2 Å². The number of halogens is 1. The molecule has 2 aromatic heterocycles. The lowest BCUT2D eigenvalue weighted by atomic mass is 10.0. The lowest BCUT2D eigenvalue weighted by Gasteiger charge is -2.09. The first-order valence-corrected chi connectivity index (χ1v) is 6.37. The smallest absolute Gasteiger partial charge is 0.148 e. The normalized spacial score (nSPS) is 11.1. The molecule has 0 aliphatic heterocycles. The van der Waals surface area contributed by atoms with Crippen LogP contribution in [0.25, 0.3) is 16.8 Å². The molecule has 3 rings (SSSR count). The van der Waals surface area contributed by atoms with Crippen molar-refractivity contribution in [1.29, 1.82) is 0 Å². The SMILES string of the molecule is COCc1ccccc1-c1ccc2nc(Cl)cn2c1. The van der Waals surface area contributed by atoms with Crippen molar-refractivity contribution in [3.05, 3.63) is 59.5 Å². The molecule has 0 atom stereocenters. The summed E-state index contributed by atoms with van der Waals surface area (Å²) in [4.78, 5) is 4.21. The van der Waals surface area contributed by atoms with Crippen molar-refractivity contribution in [2.45, 2.75) is 6.61 Å². The van der Waals surface area contributed by atoms with Gasteiger partial charge in [-0.3, -0.25) is 0 Å². The van der Waals surface area contributed by atoms with Crippen LogP contribution in [0.1, 0.15) is 5.56 Å². The van der Waals surface area contributed by atoms with Crippen LogP contribution in [0.5, 0.6) is 0 Å². The van der Waals surface area contributed by atoms with E-state index in [9.17, 15) is 0 Å². The monoisotopic (exact) mass is 272 g/mol. The van der Waals surface area contributed by atoms with Crippen LogP contribution in [0.3, 0.4) is 0 Å². The van der Waals surface area contributed by atoms with Gasteiger partial charge in [-0.1, -0.05) is 35.9 Å². The van der Waals surface area contributed by atoms with E-state index in [0.717, 1.165) is 22.3 Å². The summed E-state index contributed by atoms with van der Waals surface area (Å²) in [6.07, 6.45) is 3.84. The van der Waals surface area contributed by atoms with Crippen LogP contribution < -0.4 is 0 Å². The van der Waals surface area contributed by atoms with Crippen molar-refractivity contribution in [2.24, 2.45) is 0 Å². The molecule has 0 spiro atoms. The molecule has 0 aliphatic rings. The van der Waals surface area contributed by atoms with Gasteiger partial charge in [0.05, 0.1) is 6.61 Å². The van der Waals surface area contributed by atoms with E-state index in [1.54, 1.807) is 13.3 Å². The molecule has 3 aromatic rings. The summed E-state index contributed by atoms with van der Waals surface area (Å²) in [5.41, 5.74) is 4.29. The average Bonchev–Trinajstić information content (AvgIpc) is 2.79. The second-order valence-electron chi connectivity index (χ2n) is 4.34. The predicted molar refractivity (Wildman–Crippen MR) is 76.4 cm³/mol. The minimum absolute atomic E-state index is 0.502. The van der Waals surface area contributed by atoms with Crippen molar-refractivity contribution in [1.82, 2.24) is 9.38 Å². The molecule has 0 aliphatic carbocycles. The third-order valence-corrected chi connectivity index (χ3v) is 3.23. The topological polar surface area (TPSA) is 26.5 Å². The van der Waals surface area contributed by atoms with Crippen LogP contribution in [0.4, 0.5) is 0 Å². The fraction of sp³-hybridized carbons (Fsp3) is 0.133. The highest BCUT2D eigenvalue weighted by molar-refractivity contribution is 6.29. The zero-order valence-corrected chi connectivity index (χ0v) is 11.3. The van der Waals surface area contributed by atoms with E-state index in [1.165, 1.54) is 0 Å². The van der Waals surface area contributed by atoms with Gasteiger partial charge in [0.25, 0.3) is 0 Å². The Labute approximate surface area is 116 Å². The molecule has 0 N–H and O–H groups in total. The minimum atomic E-state index is 0.502. The van der Waals surface area contributed by atoms with Crippen LogP contribution >= 0.6 is 11.6 Å². The standard InChI is InChI=1S/C15H13ClN2O/c1-19-10-12-4-2-3-5-13(12)11-6-7-15-17-14(16)9-18(15)8-11/h2-9H,10H2,1H3. The Morgan fingerprint density at radius 3 is 2.84 bits per heavy atom. The molecule has 0 saturated carbocycles. The van der Waals surface area contributed by atoms with Crippen molar-refractivity contribution in [3.8, 4) is 11.1 Å². The molecular formula is C15H13ClN2O. The molecular weight excluding hydrogens is 260 g/mol. The quantitative estimate of drug-likeness (QED) is 0.725. The Kier molecular flexibility index (Phi) is 3.23. The van der Waals surface area contributed by atoms with Crippen molar-refractivity contribution in [3.63, 3.8) is 0 Å². The number of imidazole rings is 1. The average molecular weight is 273 g/mol. The molecule has 0 amide bonds. The Hall–Kier alpha value is -1.84. The van der Waals surface area contributed by atoms with E-state index in [0.29, 0.717) is 11.8 Å². The van der Waals surface area contributed by atoms with Gasteiger partial charge in [-0.2, -0.15) is 0 Å². The molecule has 0 fully saturated rings. The predicted octanol–water partition coefficient (Wildman–Crippen LogP) is 3.80. The number of hydrogen-bond donors (Lipinski definition) is 0. The minimum Gasteiger partial charge on any atom is -0.380 e. The Bertz CT molecular complexity index is 721. The maximum absolute atomic E-state index is 5.91. The van der Waals surface area contributed by atoms with Gasteiger partial charge in [0.15, 0.2) is 0 Å². The van der Waals surface area contributed by atoms with Gasteiger partial charge in [-0.05, 0) is 28.8 Å². The number of hydrogen-bond acceptors (Lipinski definition) is 2. The maximum Gasteiger partial charge on any atom is 0.148 e. The van der Waals surface area contributed by atoms with Crippen LogP contribution in [0.2, 0.25) is 5.15 Å². The fourth-order valence-electron chi connectivity index (χ4n) is 2.20. The summed E-state index contributed by atoms with van der Waals surface area (Å²) in [5.74, 6) is 0. The summed E-state index contributed by atoms with van der Waals surface area (Å²) in [6.45, 7) is 0.596. The highest BCUT2D eigenvalue weighted by Gasteiger charge is 2.06. The van der Waals surface area contributed by atoms with Gasteiger partial charge in [0.1, 0.15) is 10.8 Å². The molecule has 1 aromatic carbocycles. The molecule has 19 heavy (non-hydrogen) atoms. The van der Waals surface area contributed by atoms with E-state index >= 15 is 0 Å². The van der Waals surface area contributed by atoms with Gasteiger partial charge in [-0.25, -0.2) is 4.98 Å². The summed E-state index contributed by atoms with van der Waals surface area (Å²) >= 11 is 5.91. The lowest BCUT2D eigenvalue weighted by molar-refractivity contribution is 0.185. The molecule has 4 heteroatoms. The zero-order valence-electron chi connectivity index (χ0n) is 10.5. The maximum atomic E-state index is 5.91. The van der Waals surface area contributed by atoms with E-state index in [2.05, 4.69) is 17.1 Å². The van der Waals surface area contributed by atoms with Gasteiger partial charge in [0, 0.05) is 19.5 Å². The first kappa shape index (κ1) is 12.2. The van der Waals surface area contributed by atoms with E-state index < -0.39 is 0 Å². The first-order valence-electron chi connectivity index (χ1n) is 5.99. The van der Waals surface area contributed by atoms with E-state index in [1.807, 2.05) is 34.9 Å². The molecule has 0 radical (unpaired) electrons. The summed E-state index contributed by atoms with van der Waals surface area (Å²) in [6, 6.07) is 12.2. The van der Waals surface area contributed by atoms with Gasteiger partial charge < -0.3 is 9.14 Å². The third kappa shape index (κ3) is 2.35. The second kappa shape index (κ2) is 5.03. The first-order chi connectivity index (χ1) is 9.28. The fourth-order valence-corrected chi connectivity index (χ4v) is 2.40. The highest BCUT2D eigenvalue weighted by Crippen LogP contribution is 2.25. The molecule has 2 heterocycles. The van der Waals surface area contributed by atoms with Gasteiger partial charge in [-0.15, -0.1) is 0 Å². The Morgan fingerprint density at radius 2 is 2.00 bits per heavy atom. The summed E-state index contributed by atoms with van der Waals surface area (Å²) in [7, 11) is 1.70. The molecule has 0 saturated heterocycles. The number of fused-ring (bicyclic) bond motifs is 1. The highest BCUT2D eigenvalue weighted by atomic mass is 35.5. The molecule has 0 unspecified atom stereocenters. The van der Waals surface area contributed by atoms with Crippen LogP contribution in [-0.2, 0) is 11.3 Å². The summed E-state index contributed by atoms with van der Waals surface area (Å²) in [5, 5.41) is 0.502. The number of rotatable bonds is 3. The largest absolute Gasteiger partial charge is 0.380 e. The zero-order chi connectivity index (χ0) is 13.2. The van der Waals surface area contributed by atoms with Gasteiger partial charge >= 0.3 is 0 Å². The number of ether oxygens (including phenoxy) is 1. The third-order valence-electron chi connectivity index (χ3n) is 3.05.